The average Bonchev–Trinajstić information content (AvgIpc) is 2.00. The minimum atomic E-state index is -0.488. The van der Waals surface area contributed by atoms with E-state index in [0.29, 0.717) is 12.8 Å². The number of rotatable bonds is 6. The van der Waals surface area contributed by atoms with Gasteiger partial charge in [0.2, 0.25) is 5.91 Å². The molecule has 90 valence electrons. The van der Waals surface area contributed by atoms with Gasteiger partial charge in [0.15, 0.2) is 0 Å². The van der Waals surface area contributed by atoms with Crippen molar-refractivity contribution in [2.45, 2.75) is 58.0 Å². The highest BCUT2D eigenvalue weighted by molar-refractivity contribution is 5.77. The summed E-state index contributed by atoms with van der Waals surface area (Å²) in [6.45, 7) is 7.65. The van der Waals surface area contributed by atoms with Crippen molar-refractivity contribution in [3.05, 3.63) is 0 Å². The van der Waals surface area contributed by atoms with Crippen LogP contribution in [0.4, 0.5) is 0 Å². The predicted molar refractivity (Wildman–Crippen MR) is 61.4 cm³/mol. The maximum atomic E-state index is 11.6. The highest BCUT2D eigenvalue weighted by Gasteiger charge is 2.25. The number of nitrogens with two attached hydrogens (primary N) is 1. The van der Waals surface area contributed by atoms with E-state index in [9.17, 15) is 4.79 Å². The largest absolute Gasteiger partial charge is 0.396 e. The Kier molecular flexibility index (Phi) is 5.24. The summed E-state index contributed by atoms with van der Waals surface area (Å²) in [5.74, 6) is -0.0553. The van der Waals surface area contributed by atoms with Crippen molar-refractivity contribution in [2.24, 2.45) is 5.73 Å². The monoisotopic (exact) mass is 216 g/mol. The third kappa shape index (κ3) is 6.47. The van der Waals surface area contributed by atoms with E-state index in [1.165, 1.54) is 0 Å². The predicted octanol–water partition coefficient (Wildman–Crippen LogP) is 0.781. The average molecular weight is 216 g/mol. The number of hydrogen-bond acceptors (Lipinski definition) is 3. The van der Waals surface area contributed by atoms with Crippen LogP contribution in [0.25, 0.3) is 0 Å². The van der Waals surface area contributed by atoms with Crippen molar-refractivity contribution < 1.29 is 9.90 Å². The lowest BCUT2D eigenvalue weighted by Crippen LogP contribution is -2.49. The molecule has 15 heavy (non-hydrogen) atoms. The van der Waals surface area contributed by atoms with Gasteiger partial charge in [-0.25, -0.2) is 0 Å². The van der Waals surface area contributed by atoms with Crippen molar-refractivity contribution >= 4 is 5.91 Å². The first kappa shape index (κ1) is 14.4. The SMILES string of the molecule is CCC(C)(CCO)NC(=O)CC(C)(C)N. The van der Waals surface area contributed by atoms with E-state index in [4.69, 9.17) is 10.8 Å². The Morgan fingerprint density at radius 2 is 1.93 bits per heavy atom. The molecule has 0 aliphatic heterocycles. The second-order valence-corrected chi connectivity index (χ2v) is 5.10. The van der Waals surface area contributed by atoms with E-state index < -0.39 is 5.54 Å². The van der Waals surface area contributed by atoms with Crippen molar-refractivity contribution in [3.8, 4) is 0 Å². The van der Waals surface area contributed by atoms with Gasteiger partial charge in [0, 0.05) is 24.1 Å². The Hall–Kier alpha value is -0.610. The fourth-order valence-corrected chi connectivity index (χ4v) is 1.37. The number of hydrogen-bond donors (Lipinski definition) is 3. The molecule has 4 nitrogen and oxygen atoms in total. The standard InChI is InChI=1S/C11H24N2O2/c1-5-11(4,6-7-14)13-9(15)8-10(2,3)12/h14H,5-8,12H2,1-4H3,(H,13,15). The molecular weight excluding hydrogens is 192 g/mol. The zero-order valence-electron chi connectivity index (χ0n) is 10.3. The Bertz CT molecular complexity index is 211. The van der Waals surface area contributed by atoms with Gasteiger partial charge in [0.25, 0.3) is 0 Å². The summed E-state index contributed by atoms with van der Waals surface area (Å²) in [7, 11) is 0. The summed E-state index contributed by atoms with van der Waals surface area (Å²) in [6, 6.07) is 0. The van der Waals surface area contributed by atoms with Crippen molar-refractivity contribution in [3.63, 3.8) is 0 Å². The van der Waals surface area contributed by atoms with Gasteiger partial charge in [-0.3, -0.25) is 4.79 Å². The van der Waals surface area contributed by atoms with E-state index >= 15 is 0 Å². The van der Waals surface area contributed by atoms with Gasteiger partial charge in [-0.2, -0.15) is 0 Å². The number of carbonyl (C=O) groups excluding carboxylic acids is 1. The van der Waals surface area contributed by atoms with Gasteiger partial charge < -0.3 is 16.2 Å². The molecule has 1 amide bonds. The molecule has 4 N–H and O–H groups in total. The molecule has 0 bridgehead atoms. The van der Waals surface area contributed by atoms with Crippen LogP contribution in [0, 0.1) is 0 Å². The molecule has 0 aliphatic rings. The summed E-state index contributed by atoms with van der Waals surface area (Å²) >= 11 is 0. The quantitative estimate of drug-likeness (QED) is 0.614. The highest BCUT2D eigenvalue weighted by Crippen LogP contribution is 2.15. The molecular formula is C11H24N2O2. The summed E-state index contributed by atoms with van der Waals surface area (Å²) in [4.78, 5) is 11.6. The fraction of sp³-hybridized carbons (Fsp3) is 0.909. The highest BCUT2D eigenvalue weighted by atomic mass is 16.3. The second kappa shape index (κ2) is 5.47. The smallest absolute Gasteiger partial charge is 0.222 e. The first-order chi connectivity index (χ1) is 6.72. The van der Waals surface area contributed by atoms with Crippen molar-refractivity contribution in [1.29, 1.82) is 0 Å². The topological polar surface area (TPSA) is 75.3 Å². The molecule has 0 aromatic rings. The minimum Gasteiger partial charge on any atom is -0.396 e. The number of aliphatic hydroxyl groups excluding tert-OH is 1. The van der Waals surface area contributed by atoms with Crippen LogP contribution < -0.4 is 11.1 Å². The third-order valence-corrected chi connectivity index (χ3v) is 2.50. The van der Waals surface area contributed by atoms with Gasteiger partial charge in [0.05, 0.1) is 0 Å². The van der Waals surface area contributed by atoms with E-state index in [2.05, 4.69) is 5.32 Å². The summed E-state index contributed by atoms with van der Waals surface area (Å²) in [6.07, 6.45) is 1.67. The molecule has 0 saturated heterocycles. The molecule has 0 fully saturated rings. The van der Waals surface area contributed by atoms with E-state index in [1.54, 1.807) is 0 Å². The van der Waals surface area contributed by atoms with Crippen molar-refractivity contribution in [1.82, 2.24) is 5.32 Å². The van der Waals surface area contributed by atoms with Gasteiger partial charge in [-0.05, 0) is 33.6 Å². The van der Waals surface area contributed by atoms with Crippen LogP contribution >= 0.6 is 0 Å². The molecule has 0 aromatic carbocycles. The van der Waals surface area contributed by atoms with Crippen LogP contribution in [-0.4, -0.2) is 28.7 Å². The number of amides is 1. The maximum absolute atomic E-state index is 11.6. The van der Waals surface area contributed by atoms with Crippen LogP contribution in [0.1, 0.15) is 47.0 Å². The van der Waals surface area contributed by atoms with Crippen LogP contribution in [-0.2, 0) is 4.79 Å². The molecule has 1 unspecified atom stereocenters. The maximum Gasteiger partial charge on any atom is 0.222 e. The molecule has 0 aromatic heterocycles. The lowest BCUT2D eigenvalue weighted by atomic mass is 9.93. The number of carbonyl (C=O) groups is 1. The lowest BCUT2D eigenvalue weighted by Gasteiger charge is -2.30. The van der Waals surface area contributed by atoms with Crippen LogP contribution in [0.5, 0.6) is 0 Å². The molecule has 0 heterocycles. The zero-order chi connectivity index (χ0) is 12.1. The first-order valence-electron chi connectivity index (χ1n) is 5.43. The van der Waals surface area contributed by atoms with E-state index in [0.717, 1.165) is 6.42 Å². The summed E-state index contributed by atoms with van der Waals surface area (Å²) in [5.41, 5.74) is 4.95. The first-order valence-corrected chi connectivity index (χ1v) is 5.43. The van der Waals surface area contributed by atoms with Crippen LogP contribution in [0.3, 0.4) is 0 Å². The zero-order valence-corrected chi connectivity index (χ0v) is 10.3. The Morgan fingerprint density at radius 1 is 1.40 bits per heavy atom. The molecule has 0 spiro atoms. The molecule has 0 rings (SSSR count). The number of aliphatic hydroxyl groups is 1. The van der Waals surface area contributed by atoms with Crippen molar-refractivity contribution in [2.75, 3.05) is 6.61 Å². The van der Waals surface area contributed by atoms with Gasteiger partial charge in [-0.15, -0.1) is 0 Å². The Labute approximate surface area is 92.2 Å². The number of nitrogens with one attached hydrogen (secondary N) is 1. The lowest BCUT2D eigenvalue weighted by molar-refractivity contribution is -0.124. The molecule has 0 radical (unpaired) electrons. The Morgan fingerprint density at radius 3 is 2.27 bits per heavy atom. The minimum absolute atomic E-state index is 0.0553. The molecule has 0 saturated carbocycles. The van der Waals surface area contributed by atoms with Gasteiger partial charge in [-0.1, -0.05) is 6.92 Å². The van der Waals surface area contributed by atoms with Gasteiger partial charge >= 0.3 is 0 Å². The fourth-order valence-electron chi connectivity index (χ4n) is 1.37. The van der Waals surface area contributed by atoms with Crippen LogP contribution in [0.2, 0.25) is 0 Å². The molecule has 1 atom stereocenters. The summed E-state index contributed by atoms with van der Waals surface area (Å²) in [5, 5.41) is 11.8. The second-order valence-electron chi connectivity index (χ2n) is 5.10. The normalized spacial score (nSPS) is 15.9. The van der Waals surface area contributed by atoms with Gasteiger partial charge in [0.1, 0.15) is 0 Å². The third-order valence-electron chi connectivity index (χ3n) is 2.50. The van der Waals surface area contributed by atoms with E-state index in [1.807, 2.05) is 27.7 Å². The summed E-state index contributed by atoms with van der Waals surface area (Å²) < 4.78 is 0. The van der Waals surface area contributed by atoms with E-state index in [-0.39, 0.29) is 18.1 Å². The van der Waals surface area contributed by atoms with Crippen LogP contribution in [0.15, 0.2) is 0 Å². The molecule has 4 heteroatoms. The Balaban J connectivity index is 4.24. The molecule has 0 aliphatic carbocycles.